The Morgan fingerprint density at radius 3 is 1.58 bits per heavy atom. The Kier molecular flexibility index (Phi) is 7.68. The highest BCUT2D eigenvalue weighted by atomic mass is 16.6. The lowest BCUT2D eigenvalue weighted by Crippen LogP contribution is -2.55. The van der Waals surface area contributed by atoms with Crippen LogP contribution in [0.4, 0.5) is 11.4 Å². The molecule has 0 spiro atoms. The molecule has 0 heterocycles. The van der Waals surface area contributed by atoms with Crippen LogP contribution in [-0.2, 0) is 4.79 Å². The predicted octanol–water partition coefficient (Wildman–Crippen LogP) is 0.977. The number of amides is 3. The highest BCUT2D eigenvalue weighted by molar-refractivity contribution is 5.96. The third-order valence-corrected chi connectivity index (χ3v) is 4.06. The van der Waals surface area contributed by atoms with Crippen LogP contribution in [0.1, 0.15) is 34.1 Å². The first-order chi connectivity index (χ1) is 14.7. The van der Waals surface area contributed by atoms with Crippen molar-refractivity contribution in [3.63, 3.8) is 0 Å². The summed E-state index contributed by atoms with van der Waals surface area (Å²) in [5.74, 6) is -1.95. The van der Waals surface area contributed by atoms with E-state index >= 15 is 0 Å². The van der Waals surface area contributed by atoms with E-state index in [1.165, 1.54) is 36.4 Å². The first-order valence-corrected chi connectivity index (χ1v) is 8.88. The van der Waals surface area contributed by atoms with Crippen molar-refractivity contribution >= 4 is 29.1 Å². The normalized spacial score (nSPS) is 11.1. The van der Waals surface area contributed by atoms with Gasteiger partial charge in [-0.3, -0.25) is 50.9 Å². The van der Waals surface area contributed by atoms with Crippen molar-refractivity contribution in [2.45, 2.75) is 19.4 Å². The van der Waals surface area contributed by atoms with Crippen molar-refractivity contribution in [3.05, 3.63) is 79.9 Å². The molecule has 162 valence electrons. The maximum Gasteiger partial charge on any atom is 0.269 e. The van der Waals surface area contributed by atoms with Crippen LogP contribution in [0.5, 0.6) is 0 Å². The van der Waals surface area contributed by atoms with Gasteiger partial charge in [-0.15, -0.1) is 0 Å². The molecule has 0 aromatic heterocycles. The maximum absolute atomic E-state index is 12.2. The van der Waals surface area contributed by atoms with Crippen LogP contribution in [-0.4, -0.2) is 33.6 Å². The average Bonchev–Trinajstić information content (AvgIpc) is 2.77. The lowest BCUT2D eigenvalue weighted by atomic mass is 10.2. The zero-order chi connectivity index (χ0) is 23.0. The molecule has 0 aliphatic rings. The molecule has 0 aliphatic heterocycles. The van der Waals surface area contributed by atoms with Crippen LogP contribution in [0.2, 0.25) is 0 Å². The van der Waals surface area contributed by atoms with Crippen molar-refractivity contribution in [3.8, 4) is 0 Å². The number of non-ortho nitro benzene ring substituents is 2. The highest BCUT2D eigenvalue weighted by Crippen LogP contribution is 2.12. The molecule has 13 heteroatoms. The van der Waals surface area contributed by atoms with Gasteiger partial charge >= 0.3 is 0 Å². The van der Waals surface area contributed by atoms with Crippen molar-refractivity contribution in [1.29, 1.82) is 0 Å². The SMILES string of the molecule is CCC(NNC(=O)c1ccc([N+](=O)[O-])cc1)C(=O)NNC(=O)c1ccc([N+](=O)[O-])cc1. The van der Waals surface area contributed by atoms with E-state index in [4.69, 9.17) is 0 Å². The van der Waals surface area contributed by atoms with E-state index < -0.39 is 33.6 Å². The summed E-state index contributed by atoms with van der Waals surface area (Å²) in [4.78, 5) is 56.4. The van der Waals surface area contributed by atoms with Gasteiger partial charge in [0.1, 0.15) is 6.04 Å². The molecule has 4 N–H and O–H groups in total. The number of hydrazine groups is 2. The van der Waals surface area contributed by atoms with E-state index in [1.54, 1.807) is 6.92 Å². The quantitative estimate of drug-likeness (QED) is 0.352. The van der Waals surface area contributed by atoms with E-state index in [1.807, 2.05) is 0 Å². The highest BCUT2D eigenvalue weighted by Gasteiger charge is 2.19. The lowest BCUT2D eigenvalue weighted by Gasteiger charge is -2.17. The second kappa shape index (κ2) is 10.4. The Balaban J connectivity index is 1.86. The van der Waals surface area contributed by atoms with E-state index in [0.29, 0.717) is 0 Å². The van der Waals surface area contributed by atoms with E-state index in [0.717, 1.165) is 12.1 Å². The van der Waals surface area contributed by atoms with E-state index in [2.05, 4.69) is 21.7 Å². The summed E-state index contributed by atoms with van der Waals surface area (Å²) in [7, 11) is 0. The first kappa shape index (κ1) is 22.9. The van der Waals surface area contributed by atoms with Gasteiger partial charge in [-0.25, -0.2) is 5.43 Å². The topological polar surface area (TPSA) is 186 Å². The largest absolute Gasteiger partial charge is 0.287 e. The van der Waals surface area contributed by atoms with E-state index in [-0.39, 0.29) is 28.9 Å². The zero-order valence-corrected chi connectivity index (χ0v) is 16.2. The molecule has 0 saturated heterocycles. The van der Waals surface area contributed by atoms with Crippen molar-refractivity contribution in [2.75, 3.05) is 0 Å². The Morgan fingerprint density at radius 1 is 0.774 bits per heavy atom. The minimum Gasteiger partial charge on any atom is -0.287 e. The van der Waals surface area contributed by atoms with Gasteiger partial charge in [0.2, 0.25) is 0 Å². The molecule has 31 heavy (non-hydrogen) atoms. The molecule has 3 amide bonds. The van der Waals surface area contributed by atoms with Crippen LogP contribution < -0.4 is 21.7 Å². The van der Waals surface area contributed by atoms with Gasteiger partial charge in [0, 0.05) is 35.4 Å². The molecule has 0 bridgehead atoms. The Labute approximate surface area is 175 Å². The van der Waals surface area contributed by atoms with Crippen LogP contribution in [0.15, 0.2) is 48.5 Å². The predicted molar refractivity (Wildman–Crippen MR) is 106 cm³/mol. The monoisotopic (exact) mass is 430 g/mol. The molecule has 1 unspecified atom stereocenters. The summed E-state index contributed by atoms with van der Waals surface area (Å²) in [6.45, 7) is 1.66. The smallest absolute Gasteiger partial charge is 0.269 e. The minimum absolute atomic E-state index is 0.0957. The summed E-state index contributed by atoms with van der Waals surface area (Å²) >= 11 is 0. The fourth-order valence-corrected chi connectivity index (χ4v) is 2.32. The summed E-state index contributed by atoms with van der Waals surface area (Å²) in [5, 5.41) is 21.3. The molecule has 2 aromatic rings. The maximum atomic E-state index is 12.2. The zero-order valence-electron chi connectivity index (χ0n) is 16.2. The Morgan fingerprint density at radius 2 is 1.19 bits per heavy atom. The van der Waals surface area contributed by atoms with Crippen LogP contribution in [0, 0.1) is 20.2 Å². The molecule has 0 aliphatic carbocycles. The molecular formula is C18H18N6O7. The van der Waals surface area contributed by atoms with Gasteiger partial charge in [-0.1, -0.05) is 6.92 Å². The van der Waals surface area contributed by atoms with Crippen LogP contribution in [0.25, 0.3) is 0 Å². The summed E-state index contributed by atoms with van der Waals surface area (Å²) in [5.41, 5.74) is 9.09. The van der Waals surface area contributed by atoms with Crippen LogP contribution >= 0.6 is 0 Å². The summed E-state index contributed by atoms with van der Waals surface area (Å²) in [6.07, 6.45) is 0.250. The van der Waals surface area contributed by atoms with Crippen LogP contribution in [0.3, 0.4) is 0 Å². The van der Waals surface area contributed by atoms with Gasteiger partial charge in [-0.05, 0) is 30.7 Å². The average molecular weight is 430 g/mol. The first-order valence-electron chi connectivity index (χ1n) is 8.88. The summed E-state index contributed by atoms with van der Waals surface area (Å²) in [6, 6.07) is 8.75. The van der Waals surface area contributed by atoms with Gasteiger partial charge in [0.15, 0.2) is 0 Å². The Bertz CT molecular complexity index is 991. The number of hydrogen-bond acceptors (Lipinski definition) is 8. The van der Waals surface area contributed by atoms with Gasteiger partial charge in [-0.2, -0.15) is 0 Å². The number of carbonyl (C=O) groups excluding carboxylic acids is 3. The number of nitrogens with zero attached hydrogens (tertiary/aromatic N) is 2. The number of nitro groups is 2. The van der Waals surface area contributed by atoms with Gasteiger partial charge in [0.25, 0.3) is 29.1 Å². The van der Waals surface area contributed by atoms with Gasteiger partial charge < -0.3 is 0 Å². The number of benzene rings is 2. The minimum atomic E-state index is -0.904. The molecule has 0 radical (unpaired) electrons. The van der Waals surface area contributed by atoms with Crippen molar-refractivity contribution < 1.29 is 24.2 Å². The third-order valence-electron chi connectivity index (χ3n) is 4.06. The number of rotatable bonds is 8. The molecular weight excluding hydrogens is 412 g/mol. The lowest BCUT2D eigenvalue weighted by molar-refractivity contribution is -0.385. The molecule has 2 aromatic carbocycles. The number of nitro benzene ring substituents is 2. The molecule has 2 rings (SSSR count). The molecule has 1 atom stereocenters. The molecule has 0 saturated carbocycles. The fourth-order valence-electron chi connectivity index (χ4n) is 2.32. The standard InChI is InChI=1S/C18H18N6O7/c1-2-15(19-20-16(25)11-3-7-13(8-4-11)23(28)29)18(27)22-21-17(26)12-5-9-14(10-6-12)24(30)31/h3-10,15,19H,2H2,1H3,(H,20,25)(H,21,26)(H,22,27). The second-order valence-electron chi connectivity index (χ2n) is 6.11. The van der Waals surface area contributed by atoms with Crippen molar-refractivity contribution in [1.82, 2.24) is 21.7 Å². The third kappa shape index (κ3) is 6.30. The Hall–Kier alpha value is -4.39. The second-order valence-corrected chi connectivity index (χ2v) is 6.11. The number of hydrogen-bond donors (Lipinski definition) is 4. The fraction of sp³-hybridized carbons (Fsp3) is 0.167. The van der Waals surface area contributed by atoms with Crippen molar-refractivity contribution in [2.24, 2.45) is 0 Å². The molecule has 0 fully saturated rings. The molecule has 13 nitrogen and oxygen atoms in total. The number of nitrogens with one attached hydrogen (secondary N) is 4. The van der Waals surface area contributed by atoms with Gasteiger partial charge in [0.05, 0.1) is 9.85 Å². The van der Waals surface area contributed by atoms with E-state index in [9.17, 15) is 34.6 Å². The summed E-state index contributed by atoms with van der Waals surface area (Å²) < 4.78 is 0. The number of carbonyl (C=O) groups is 3.